The molecule has 0 aliphatic carbocycles. The standard InChI is InChI=1S/C40H52N8O8/c41-22-28-6-8-29(9-7-28)23-45-38(50)46-17-19-48(20-18-46)39(51)55-27-34-36(54-26-30-4-2-1-3-5-30)33(14-21-53-34)56-40(52)47-15-12-32(13-16-47)37(49)44-25-31-10-11-35(42)43-24-31/h1-11,24,32-34,36H,12-23,25-27,41H2,(H2,42,43)(H,44,49)(H,45,50)/t33-,34-,36+/m1/s1. The molecule has 4 heterocycles. The van der Waals surface area contributed by atoms with Crippen LogP contribution < -0.4 is 22.1 Å². The molecule has 0 bridgehead atoms. The number of nitrogens with one attached hydrogen (secondary N) is 2. The second-order valence-electron chi connectivity index (χ2n) is 14.2. The van der Waals surface area contributed by atoms with E-state index in [1.807, 2.05) is 60.7 Å². The normalized spacial score (nSPS) is 20.2. The maximum absolute atomic E-state index is 13.5. The number of rotatable bonds is 12. The molecule has 3 aromatic rings. The molecule has 0 saturated carbocycles. The molecular weight excluding hydrogens is 720 g/mol. The molecule has 56 heavy (non-hydrogen) atoms. The van der Waals surface area contributed by atoms with E-state index in [1.54, 1.807) is 27.0 Å². The fourth-order valence-electron chi connectivity index (χ4n) is 6.91. The summed E-state index contributed by atoms with van der Waals surface area (Å²) < 4.78 is 24.2. The van der Waals surface area contributed by atoms with Crippen molar-refractivity contribution in [3.63, 3.8) is 0 Å². The summed E-state index contributed by atoms with van der Waals surface area (Å²) in [6.45, 7) is 3.70. The Morgan fingerprint density at radius 3 is 2.11 bits per heavy atom. The molecule has 0 radical (unpaired) electrons. The Hall–Kier alpha value is -5.45. The van der Waals surface area contributed by atoms with Crippen LogP contribution in [0.5, 0.6) is 0 Å². The van der Waals surface area contributed by atoms with E-state index in [1.165, 1.54) is 0 Å². The highest BCUT2D eigenvalue weighted by molar-refractivity contribution is 5.79. The third-order valence-electron chi connectivity index (χ3n) is 10.3. The molecule has 300 valence electrons. The van der Waals surface area contributed by atoms with Crippen LogP contribution in [0, 0.1) is 5.92 Å². The van der Waals surface area contributed by atoms with Gasteiger partial charge in [0.05, 0.1) is 13.2 Å². The van der Waals surface area contributed by atoms with Crippen LogP contribution in [0.2, 0.25) is 0 Å². The Kier molecular flexibility index (Phi) is 14.3. The minimum atomic E-state index is -0.709. The summed E-state index contributed by atoms with van der Waals surface area (Å²) >= 11 is 0. The molecule has 0 unspecified atom stereocenters. The average molecular weight is 773 g/mol. The topological polar surface area (TPSA) is 204 Å². The predicted molar refractivity (Wildman–Crippen MR) is 206 cm³/mol. The number of piperidine rings is 1. The van der Waals surface area contributed by atoms with Gasteiger partial charge in [-0.25, -0.2) is 19.4 Å². The van der Waals surface area contributed by atoms with Crippen LogP contribution in [0.3, 0.4) is 0 Å². The van der Waals surface area contributed by atoms with E-state index >= 15 is 0 Å². The van der Waals surface area contributed by atoms with Gasteiger partial charge in [-0.05, 0) is 41.2 Å². The molecule has 16 nitrogen and oxygen atoms in total. The van der Waals surface area contributed by atoms with E-state index in [9.17, 15) is 19.2 Å². The highest BCUT2D eigenvalue weighted by atomic mass is 16.6. The summed E-state index contributed by atoms with van der Waals surface area (Å²) in [6, 6.07) is 20.7. The Balaban J connectivity index is 0.969. The van der Waals surface area contributed by atoms with Gasteiger partial charge in [-0.2, -0.15) is 0 Å². The van der Waals surface area contributed by atoms with Crippen molar-refractivity contribution in [3.8, 4) is 0 Å². The van der Waals surface area contributed by atoms with Gasteiger partial charge in [-0.15, -0.1) is 0 Å². The lowest BCUT2D eigenvalue weighted by Gasteiger charge is -2.39. The van der Waals surface area contributed by atoms with Crippen molar-refractivity contribution in [2.24, 2.45) is 11.7 Å². The van der Waals surface area contributed by atoms with Crippen molar-refractivity contribution < 1.29 is 38.1 Å². The summed E-state index contributed by atoms with van der Waals surface area (Å²) in [4.78, 5) is 61.2. The summed E-state index contributed by atoms with van der Waals surface area (Å²) in [5.74, 6) is 0.121. The Morgan fingerprint density at radius 2 is 1.41 bits per heavy atom. The number of nitrogen functional groups attached to an aromatic ring is 1. The van der Waals surface area contributed by atoms with Gasteiger partial charge in [0.2, 0.25) is 5.91 Å². The Labute approximate surface area is 326 Å². The number of hydrogen-bond acceptors (Lipinski definition) is 11. The van der Waals surface area contributed by atoms with E-state index in [2.05, 4.69) is 15.6 Å². The molecule has 6 rings (SSSR count). The molecular formula is C40H52N8O8. The van der Waals surface area contributed by atoms with Crippen LogP contribution >= 0.6 is 0 Å². The smallest absolute Gasteiger partial charge is 0.410 e. The zero-order valence-electron chi connectivity index (χ0n) is 31.6. The molecule has 3 aliphatic heterocycles. The first kappa shape index (κ1) is 40.2. The van der Waals surface area contributed by atoms with Gasteiger partial charge >= 0.3 is 18.2 Å². The van der Waals surface area contributed by atoms with E-state index < -0.39 is 30.5 Å². The van der Waals surface area contributed by atoms with Gasteiger partial charge in [0.25, 0.3) is 0 Å². The maximum Gasteiger partial charge on any atom is 0.410 e. The van der Waals surface area contributed by atoms with Crippen molar-refractivity contribution >= 4 is 29.9 Å². The highest BCUT2D eigenvalue weighted by Gasteiger charge is 2.40. The number of hydrogen-bond donors (Lipinski definition) is 4. The first-order valence-electron chi connectivity index (χ1n) is 19.2. The molecule has 3 atom stereocenters. The quantitative estimate of drug-likeness (QED) is 0.211. The molecule has 5 amide bonds. The molecule has 3 aliphatic rings. The van der Waals surface area contributed by atoms with Gasteiger partial charge < -0.3 is 55.7 Å². The lowest BCUT2D eigenvalue weighted by atomic mass is 9.96. The molecule has 16 heteroatoms. The Bertz CT molecular complexity index is 1730. The van der Waals surface area contributed by atoms with Gasteiger partial charge in [-0.3, -0.25) is 4.79 Å². The number of carbonyl (C=O) groups excluding carboxylic acids is 4. The summed E-state index contributed by atoms with van der Waals surface area (Å²) in [5.41, 5.74) is 15.1. The fraction of sp³-hybridized carbons (Fsp3) is 0.475. The predicted octanol–water partition coefficient (Wildman–Crippen LogP) is 2.99. The van der Waals surface area contributed by atoms with Crippen molar-refractivity contribution in [1.82, 2.24) is 30.3 Å². The third-order valence-corrected chi connectivity index (χ3v) is 10.3. The summed E-state index contributed by atoms with van der Waals surface area (Å²) in [6.07, 6.45) is -0.0193. The van der Waals surface area contributed by atoms with E-state index in [0.29, 0.717) is 84.0 Å². The molecule has 0 spiro atoms. The molecule has 3 fully saturated rings. The third kappa shape index (κ3) is 11.3. The monoisotopic (exact) mass is 772 g/mol. The van der Waals surface area contributed by atoms with Gasteiger partial charge in [-0.1, -0.05) is 60.7 Å². The number of anilines is 1. The molecule has 6 N–H and O–H groups in total. The van der Waals surface area contributed by atoms with Crippen molar-refractivity contribution in [1.29, 1.82) is 0 Å². The number of nitrogens with zero attached hydrogens (tertiary/aromatic N) is 4. The SMILES string of the molecule is NCc1ccc(CNC(=O)N2CCN(C(=O)OC[C@H]3OCC[C@@H](OC(=O)N4CCC(C(=O)NCc5ccc(N)nc5)CC4)[C@@H]3OCc3ccccc3)CC2)cc1. The molecule has 2 aromatic carbocycles. The number of pyridine rings is 1. The molecule has 3 saturated heterocycles. The van der Waals surface area contributed by atoms with Crippen molar-refractivity contribution in [3.05, 3.63) is 95.2 Å². The van der Waals surface area contributed by atoms with E-state index in [4.69, 9.17) is 30.4 Å². The first-order valence-corrected chi connectivity index (χ1v) is 19.2. The lowest BCUT2D eigenvalue weighted by Crippen LogP contribution is -2.54. The molecule has 1 aromatic heterocycles. The maximum atomic E-state index is 13.5. The number of amides is 5. The van der Waals surface area contributed by atoms with Gasteiger partial charge in [0.15, 0.2) is 0 Å². The number of aromatic nitrogens is 1. The largest absolute Gasteiger partial charge is 0.447 e. The zero-order chi connectivity index (χ0) is 39.3. The number of urea groups is 1. The van der Waals surface area contributed by atoms with Crippen molar-refractivity contribution in [2.45, 2.75) is 63.8 Å². The average Bonchev–Trinajstić information content (AvgIpc) is 3.24. The van der Waals surface area contributed by atoms with Crippen LogP contribution in [0.4, 0.5) is 20.2 Å². The first-order chi connectivity index (χ1) is 27.2. The summed E-state index contributed by atoms with van der Waals surface area (Å²) in [7, 11) is 0. The number of piperazine rings is 1. The van der Waals surface area contributed by atoms with Crippen LogP contribution in [-0.2, 0) is 50.0 Å². The minimum Gasteiger partial charge on any atom is -0.447 e. The summed E-state index contributed by atoms with van der Waals surface area (Å²) in [5, 5.41) is 5.88. The lowest BCUT2D eigenvalue weighted by molar-refractivity contribution is -0.178. The Morgan fingerprint density at radius 1 is 0.750 bits per heavy atom. The van der Waals surface area contributed by atoms with Crippen LogP contribution in [0.1, 0.15) is 41.5 Å². The zero-order valence-corrected chi connectivity index (χ0v) is 31.6. The number of carbonyl (C=O) groups is 4. The van der Waals surface area contributed by atoms with Gasteiger partial charge in [0.1, 0.15) is 30.7 Å². The highest BCUT2D eigenvalue weighted by Crippen LogP contribution is 2.26. The number of nitrogens with two attached hydrogens (primary N) is 2. The second kappa shape index (κ2) is 19.9. The second-order valence-corrected chi connectivity index (χ2v) is 14.2. The minimum absolute atomic E-state index is 0.0700. The number of ether oxygens (including phenoxy) is 4. The van der Waals surface area contributed by atoms with Gasteiger partial charge in [0, 0.05) is 77.4 Å². The van der Waals surface area contributed by atoms with Crippen LogP contribution in [0.15, 0.2) is 72.9 Å². The number of benzene rings is 2. The fourth-order valence-corrected chi connectivity index (χ4v) is 6.91. The van der Waals surface area contributed by atoms with E-state index in [0.717, 1.165) is 22.3 Å². The van der Waals surface area contributed by atoms with Crippen LogP contribution in [-0.4, -0.2) is 115 Å². The van der Waals surface area contributed by atoms with Crippen molar-refractivity contribution in [2.75, 3.05) is 58.2 Å². The van der Waals surface area contributed by atoms with Crippen LogP contribution in [0.25, 0.3) is 0 Å². The van der Waals surface area contributed by atoms with E-state index in [-0.39, 0.29) is 37.7 Å². The number of likely N-dealkylation sites (tertiary alicyclic amines) is 1.